The molecule has 0 unspecified atom stereocenters. The molecule has 3 heteroatoms. The topological polar surface area (TPSA) is 29.3 Å². The van der Waals surface area contributed by atoms with Crippen LogP contribution in [0.3, 0.4) is 0 Å². The molecule has 1 heterocycles. The van der Waals surface area contributed by atoms with Crippen molar-refractivity contribution in [3.63, 3.8) is 0 Å². The van der Waals surface area contributed by atoms with E-state index in [2.05, 4.69) is 11.9 Å². The summed E-state index contributed by atoms with van der Waals surface area (Å²) in [5.74, 6) is 0. The maximum Gasteiger partial charge on any atom is 0.0639 e. The Kier molecular flexibility index (Phi) is 2.08. The summed E-state index contributed by atoms with van der Waals surface area (Å²) < 4.78 is 0. The van der Waals surface area contributed by atoms with Crippen molar-refractivity contribution in [1.29, 1.82) is 0 Å². The third-order valence-electron chi connectivity index (χ3n) is 2.55. The maximum absolute atomic E-state index is 5.95. The van der Waals surface area contributed by atoms with Crippen molar-refractivity contribution in [2.75, 3.05) is 24.2 Å². The Morgan fingerprint density at radius 2 is 2.23 bits per heavy atom. The summed E-state index contributed by atoms with van der Waals surface area (Å²) in [5.41, 5.74) is 8.97. The second kappa shape index (κ2) is 3.11. The first kappa shape index (κ1) is 8.70. The van der Waals surface area contributed by atoms with Crippen molar-refractivity contribution >= 4 is 23.0 Å². The van der Waals surface area contributed by atoms with Crippen LogP contribution in [0.25, 0.3) is 0 Å². The van der Waals surface area contributed by atoms with E-state index < -0.39 is 0 Å². The van der Waals surface area contributed by atoms with E-state index in [0.29, 0.717) is 10.7 Å². The van der Waals surface area contributed by atoms with E-state index in [-0.39, 0.29) is 0 Å². The van der Waals surface area contributed by atoms with E-state index in [1.54, 1.807) is 0 Å². The fourth-order valence-corrected chi connectivity index (χ4v) is 1.99. The molecule has 0 amide bonds. The third kappa shape index (κ3) is 1.46. The van der Waals surface area contributed by atoms with Crippen LogP contribution >= 0.6 is 11.6 Å². The Balaban J connectivity index is 2.52. The zero-order chi connectivity index (χ0) is 9.42. The van der Waals surface area contributed by atoms with Crippen molar-refractivity contribution in [2.45, 2.75) is 12.8 Å². The Morgan fingerprint density at radius 3 is 3.00 bits per heavy atom. The molecule has 70 valence electrons. The van der Waals surface area contributed by atoms with Crippen molar-refractivity contribution in [3.8, 4) is 0 Å². The third-order valence-corrected chi connectivity index (χ3v) is 2.88. The lowest BCUT2D eigenvalue weighted by Gasteiger charge is -2.27. The molecule has 13 heavy (non-hydrogen) atoms. The molecule has 0 saturated carbocycles. The van der Waals surface area contributed by atoms with Gasteiger partial charge in [-0.2, -0.15) is 0 Å². The van der Waals surface area contributed by atoms with Gasteiger partial charge in [0.1, 0.15) is 0 Å². The number of nitrogens with two attached hydrogens (primary N) is 1. The minimum Gasteiger partial charge on any atom is -0.397 e. The summed E-state index contributed by atoms with van der Waals surface area (Å²) in [6, 6.07) is 3.96. The average Bonchev–Trinajstić information content (AvgIpc) is 2.09. The summed E-state index contributed by atoms with van der Waals surface area (Å²) in [6.45, 7) is 1.11. The van der Waals surface area contributed by atoms with Crippen molar-refractivity contribution in [1.82, 2.24) is 0 Å². The highest BCUT2D eigenvalue weighted by molar-refractivity contribution is 6.33. The summed E-state index contributed by atoms with van der Waals surface area (Å²) in [7, 11) is 2.09. The molecule has 2 rings (SSSR count). The normalized spacial score (nSPS) is 15.7. The lowest BCUT2D eigenvalue weighted by Crippen LogP contribution is -2.24. The largest absolute Gasteiger partial charge is 0.397 e. The number of halogens is 1. The summed E-state index contributed by atoms with van der Waals surface area (Å²) >= 11 is 5.95. The zero-order valence-corrected chi connectivity index (χ0v) is 8.43. The molecule has 0 bridgehead atoms. The van der Waals surface area contributed by atoms with Gasteiger partial charge in [0, 0.05) is 19.3 Å². The van der Waals surface area contributed by atoms with Crippen LogP contribution in [-0.4, -0.2) is 13.6 Å². The van der Waals surface area contributed by atoms with Gasteiger partial charge in [0.25, 0.3) is 0 Å². The molecule has 0 fully saturated rings. The second-order valence-corrected chi connectivity index (χ2v) is 3.93. The van der Waals surface area contributed by atoms with Gasteiger partial charge in [-0.1, -0.05) is 11.6 Å². The molecule has 0 saturated heterocycles. The van der Waals surface area contributed by atoms with Crippen LogP contribution in [0.5, 0.6) is 0 Å². The predicted octanol–water partition coefficient (Wildman–Crippen LogP) is 2.30. The minimum absolute atomic E-state index is 0.675. The zero-order valence-electron chi connectivity index (χ0n) is 7.68. The van der Waals surface area contributed by atoms with Crippen molar-refractivity contribution in [2.24, 2.45) is 0 Å². The molecule has 1 aromatic rings. The Bertz CT molecular complexity index is 336. The van der Waals surface area contributed by atoms with Crippen LogP contribution in [0.1, 0.15) is 12.0 Å². The molecule has 1 aliphatic heterocycles. The van der Waals surface area contributed by atoms with Gasteiger partial charge in [0.05, 0.1) is 10.7 Å². The summed E-state index contributed by atoms with van der Waals surface area (Å²) in [5, 5.41) is 0.675. The minimum atomic E-state index is 0.675. The van der Waals surface area contributed by atoms with Gasteiger partial charge in [-0.25, -0.2) is 0 Å². The Labute approximate surface area is 83.3 Å². The number of aryl methyl sites for hydroxylation is 1. The number of anilines is 2. The lowest BCUT2D eigenvalue weighted by atomic mass is 10.0. The van der Waals surface area contributed by atoms with Crippen molar-refractivity contribution < 1.29 is 0 Å². The molecule has 0 radical (unpaired) electrons. The molecule has 0 aliphatic carbocycles. The van der Waals surface area contributed by atoms with E-state index in [4.69, 9.17) is 17.3 Å². The monoisotopic (exact) mass is 196 g/mol. The number of rotatable bonds is 0. The summed E-state index contributed by atoms with van der Waals surface area (Å²) in [6.07, 6.45) is 2.31. The number of nitrogens with zero attached hydrogens (tertiary/aromatic N) is 1. The molecular formula is C10H13ClN2. The van der Waals surface area contributed by atoms with Gasteiger partial charge >= 0.3 is 0 Å². The van der Waals surface area contributed by atoms with Gasteiger partial charge in [-0.15, -0.1) is 0 Å². The van der Waals surface area contributed by atoms with E-state index in [0.717, 1.165) is 13.0 Å². The molecule has 0 spiro atoms. The molecule has 1 aliphatic rings. The summed E-state index contributed by atoms with van der Waals surface area (Å²) in [4.78, 5) is 2.23. The highest BCUT2D eigenvalue weighted by Crippen LogP contribution is 2.32. The number of hydrogen-bond donors (Lipinski definition) is 1. The molecule has 0 aromatic heterocycles. The number of nitrogen functional groups attached to an aromatic ring is 1. The highest BCUT2D eigenvalue weighted by atomic mass is 35.5. The van der Waals surface area contributed by atoms with Gasteiger partial charge in [0.2, 0.25) is 0 Å². The molecule has 2 nitrogen and oxygen atoms in total. The van der Waals surface area contributed by atoms with Crippen LogP contribution in [0, 0.1) is 0 Å². The average molecular weight is 197 g/mol. The van der Waals surface area contributed by atoms with Gasteiger partial charge < -0.3 is 10.6 Å². The number of benzene rings is 1. The quantitative estimate of drug-likeness (QED) is 0.646. The van der Waals surface area contributed by atoms with Crippen molar-refractivity contribution in [3.05, 3.63) is 22.7 Å². The first-order chi connectivity index (χ1) is 6.18. The smallest absolute Gasteiger partial charge is 0.0639 e. The van der Waals surface area contributed by atoms with E-state index >= 15 is 0 Å². The fourth-order valence-electron chi connectivity index (χ4n) is 1.80. The molecule has 2 N–H and O–H groups in total. The standard InChI is InChI=1S/C10H13ClN2/c1-13-4-2-3-7-5-8(11)9(12)6-10(7)13/h5-6H,2-4,12H2,1H3. The number of fused-ring (bicyclic) bond motifs is 1. The highest BCUT2D eigenvalue weighted by Gasteiger charge is 2.14. The van der Waals surface area contributed by atoms with Gasteiger partial charge in [-0.05, 0) is 30.5 Å². The van der Waals surface area contributed by atoms with Crippen LogP contribution in [0.2, 0.25) is 5.02 Å². The van der Waals surface area contributed by atoms with E-state index in [9.17, 15) is 0 Å². The fraction of sp³-hybridized carbons (Fsp3) is 0.400. The molecule has 0 atom stereocenters. The number of hydrogen-bond acceptors (Lipinski definition) is 2. The molecule has 1 aromatic carbocycles. The Morgan fingerprint density at radius 1 is 1.46 bits per heavy atom. The maximum atomic E-state index is 5.95. The Hall–Kier alpha value is -0.890. The van der Waals surface area contributed by atoms with Gasteiger partial charge in [0.15, 0.2) is 0 Å². The van der Waals surface area contributed by atoms with Crippen LogP contribution in [0.15, 0.2) is 12.1 Å². The van der Waals surface area contributed by atoms with Crippen LogP contribution in [0.4, 0.5) is 11.4 Å². The first-order valence-electron chi connectivity index (χ1n) is 4.47. The van der Waals surface area contributed by atoms with Gasteiger partial charge in [-0.3, -0.25) is 0 Å². The predicted molar refractivity (Wildman–Crippen MR) is 57.5 cm³/mol. The van der Waals surface area contributed by atoms with Crippen LogP contribution < -0.4 is 10.6 Å². The van der Waals surface area contributed by atoms with Crippen LogP contribution in [-0.2, 0) is 6.42 Å². The molecular weight excluding hydrogens is 184 g/mol. The van der Waals surface area contributed by atoms with E-state index in [1.165, 1.54) is 17.7 Å². The first-order valence-corrected chi connectivity index (χ1v) is 4.85. The second-order valence-electron chi connectivity index (χ2n) is 3.53. The van der Waals surface area contributed by atoms with E-state index in [1.807, 2.05) is 12.1 Å². The SMILES string of the molecule is CN1CCCc2cc(Cl)c(N)cc21. The lowest BCUT2D eigenvalue weighted by molar-refractivity contribution is 0.745.